The summed E-state index contributed by atoms with van der Waals surface area (Å²) in [6.07, 6.45) is 0. The van der Waals surface area contributed by atoms with Crippen LogP contribution >= 0.6 is 0 Å². The van der Waals surface area contributed by atoms with E-state index in [0.717, 1.165) is 10.9 Å². The molecule has 5 nitrogen and oxygen atoms in total. The lowest BCUT2D eigenvalue weighted by atomic mass is 10.1. The molecule has 5 heteroatoms. The lowest BCUT2D eigenvalue weighted by Crippen LogP contribution is -2.23. The van der Waals surface area contributed by atoms with Gasteiger partial charge in [-0.25, -0.2) is 4.79 Å². The second-order valence-corrected chi connectivity index (χ2v) is 5.31. The molecule has 0 bridgehead atoms. The van der Waals surface area contributed by atoms with Crippen molar-refractivity contribution in [2.24, 2.45) is 0 Å². The smallest absolute Gasteiger partial charge is 0.345 e. The molecule has 0 atom stereocenters. The number of nitrogens with one attached hydrogen (secondary N) is 2. The van der Waals surface area contributed by atoms with Gasteiger partial charge in [0.15, 0.2) is 0 Å². The van der Waals surface area contributed by atoms with E-state index in [2.05, 4.69) is 10.3 Å². The summed E-state index contributed by atoms with van der Waals surface area (Å²) in [5.74, 6) is -0.625. The van der Waals surface area contributed by atoms with E-state index in [1.54, 1.807) is 13.0 Å². The number of rotatable bonds is 5. The van der Waals surface area contributed by atoms with Crippen LogP contribution in [0.25, 0.3) is 10.9 Å². The van der Waals surface area contributed by atoms with Gasteiger partial charge in [0, 0.05) is 11.9 Å². The molecule has 1 heterocycles. The Hall–Kier alpha value is -3.08. The van der Waals surface area contributed by atoms with Crippen LogP contribution in [0.4, 0.5) is 5.69 Å². The van der Waals surface area contributed by atoms with Gasteiger partial charge in [-0.2, -0.15) is 0 Å². The zero-order chi connectivity index (χ0) is 16.9. The Balaban J connectivity index is 2.09. The number of carbonyl (C=O) groups excluding carboxylic acids is 1. The number of pyridine rings is 1. The maximum absolute atomic E-state index is 12.4. The predicted molar refractivity (Wildman–Crippen MR) is 94.3 cm³/mol. The fourth-order valence-electron chi connectivity index (χ4n) is 2.61. The lowest BCUT2D eigenvalue weighted by molar-refractivity contribution is 0.0525. The first-order valence-corrected chi connectivity index (χ1v) is 7.80. The molecule has 3 rings (SSSR count). The Kier molecular flexibility index (Phi) is 4.61. The Morgan fingerprint density at radius 3 is 2.54 bits per heavy atom. The summed E-state index contributed by atoms with van der Waals surface area (Å²) in [6, 6.07) is 17.2. The molecule has 0 aliphatic rings. The van der Waals surface area contributed by atoms with Gasteiger partial charge in [0.2, 0.25) is 0 Å². The van der Waals surface area contributed by atoms with E-state index < -0.39 is 11.5 Å². The van der Waals surface area contributed by atoms with Crippen LogP contribution in [0.15, 0.2) is 59.4 Å². The minimum absolute atomic E-state index is 0.00600. The van der Waals surface area contributed by atoms with Gasteiger partial charge in [-0.05, 0) is 18.6 Å². The highest BCUT2D eigenvalue weighted by Crippen LogP contribution is 2.25. The van der Waals surface area contributed by atoms with Crippen molar-refractivity contribution in [1.82, 2.24) is 4.98 Å². The van der Waals surface area contributed by atoms with E-state index in [-0.39, 0.29) is 12.2 Å². The molecular formula is C19H18N2O3. The number of aromatic nitrogens is 1. The molecule has 0 amide bonds. The van der Waals surface area contributed by atoms with E-state index in [0.29, 0.717) is 17.7 Å². The number of hydrogen-bond acceptors (Lipinski definition) is 4. The number of benzene rings is 2. The van der Waals surface area contributed by atoms with Gasteiger partial charge in [0.25, 0.3) is 5.56 Å². The van der Waals surface area contributed by atoms with E-state index in [1.807, 2.05) is 48.5 Å². The van der Waals surface area contributed by atoms with Crippen LogP contribution < -0.4 is 10.9 Å². The predicted octanol–water partition coefficient (Wildman–Crippen LogP) is 3.32. The van der Waals surface area contributed by atoms with Crippen molar-refractivity contribution in [2.75, 3.05) is 11.9 Å². The molecule has 0 unspecified atom stereocenters. The number of anilines is 1. The van der Waals surface area contributed by atoms with Crippen molar-refractivity contribution in [3.05, 3.63) is 76.1 Å². The third kappa shape index (κ3) is 3.15. The highest BCUT2D eigenvalue weighted by atomic mass is 16.5. The third-order valence-electron chi connectivity index (χ3n) is 3.71. The molecule has 2 N–H and O–H groups in total. The van der Waals surface area contributed by atoms with Crippen molar-refractivity contribution < 1.29 is 9.53 Å². The molecule has 122 valence electrons. The van der Waals surface area contributed by atoms with E-state index in [4.69, 9.17) is 4.74 Å². The Morgan fingerprint density at radius 1 is 1.08 bits per heavy atom. The maximum atomic E-state index is 12.4. The van der Waals surface area contributed by atoms with Crippen LogP contribution in [-0.4, -0.2) is 17.6 Å². The first-order valence-electron chi connectivity index (χ1n) is 7.80. The molecule has 2 aromatic carbocycles. The maximum Gasteiger partial charge on any atom is 0.345 e. The van der Waals surface area contributed by atoms with Crippen molar-refractivity contribution >= 4 is 22.6 Å². The number of para-hydroxylation sites is 1. The lowest BCUT2D eigenvalue weighted by Gasteiger charge is -2.14. The van der Waals surface area contributed by atoms with Gasteiger partial charge < -0.3 is 15.0 Å². The zero-order valence-corrected chi connectivity index (χ0v) is 13.3. The van der Waals surface area contributed by atoms with Crippen molar-refractivity contribution in [2.45, 2.75) is 13.5 Å². The summed E-state index contributed by atoms with van der Waals surface area (Å²) < 4.78 is 5.05. The second-order valence-electron chi connectivity index (χ2n) is 5.31. The molecule has 0 spiro atoms. The fourth-order valence-corrected chi connectivity index (χ4v) is 2.61. The zero-order valence-electron chi connectivity index (χ0n) is 13.3. The molecule has 0 aliphatic carbocycles. The van der Waals surface area contributed by atoms with Crippen LogP contribution in [-0.2, 0) is 11.3 Å². The minimum Gasteiger partial charge on any atom is -0.462 e. The van der Waals surface area contributed by atoms with Crippen LogP contribution in [0.2, 0.25) is 0 Å². The van der Waals surface area contributed by atoms with Crippen molar-refractivity contribution in [1.29, 1.82) is 0 Å². The van der Waals surface area contributed by atoms with Gasteiger partial charge in [0.05, 0.1) is 17.8 Å². The molecule has 0 saturated carbocycles. The summed E-state index contributed by atoms with van der Waals surface area (Å²) >= 11 is 0. The summed E-state index contributed by atoms with van der Waals surface area (Å²) in [5, 5.41) is 4.01. The number of ether oxygens (including phenoxy) is 1. The van der Waals surface area contributed by atoms with Crippen LogP contribution in [0, 0.1) is 0 Å². The standard InChI is InChI=1S/C19H18N2O3/c1-2-24-19(23)16-17(20-12-13-8-4-3-5-9-13)14-10-6-7-11-15(14)21-18(16)22/h3-11H,2,12H2,1H3,(H2,20,21,22). The SMILES string of the molecule is CCOC(=O)c1c(NCc2ccccc2)c2ccccc2[nH]c1=O. The van der Waals surface area contributed by atoms with Gasteiger partial charge in [0.1, 0.15) is 5.56 Å². The highest BCUT2D eigenvalue weighted by Gasteiger charge is 2.20. The Labute approximate surface area is 139 Å². The molecule has 24 heavy (non-hydrogen) atoms. The average Bonchev–Trinajstić information content (AvgIpc) is 2.60. The average molecular weight is 322 g/mol. The first kappa shape index (κ1) is 15.8. The number of esters is 1. The summed E-state index contributed by atoms with van der Waals surface area (Å²) in [5.41, 5.74) is 1.77. The van der Waals surface area contributed by atoms with Gasteiger partial charge in [-0.15, -0.1) is 0 Å². The van der Waals surface area contributed by atoms with Crippen molar-refractivity contribution in [3.63, 3.8) is 0 Å². The van der Waals surface area contributed by atoms with Crippen LogP contribution in [0.1, 0.15) is 22.8 Å². The number of aromatic amines is 1. The number of fused-ring (bicyclic) bond motifs is 1. The van der Waals surface area contributed by atoms with E-state index in [1.165, 1.54) is 0 Å². The van der Waals surface area contributed by atoms with Crippen LogP contribution in [0.3, 0.4) is 0 Å². The van der Waals surface area contributed by atoms with Crippen LogP contribution in [0.5, 0.6) is 0 Å². The largest absolute Gasteiger partial charge is 0.462 e. The molecule has 0 saturated heterocycles. The Morgan fingerprint density at radius 2 is 1.79 bits per heavy atom. The highest BCUT2D eigenvalue weighted by molar-refractivity contribution is 6.04. The first-order chi connectivity index (χ1) is 11.7. The number of hydrogen-bond donors (Lipinski definition) is 2. The number of carbonyl (C=O) groups is 1. The van der Waals surface area contributed by atoms with E-state index >= 15 is 0 Å². The minimum atomic E-state index is -0.625. The van der Waals surface area contributed by atoms with Gasteiger partial charge in [-0.1, -0.05) is 48.5 Å². The molecule has 3 aromatic rings. The fraction of sp³-hybridized carbons (Fsp3) is 0.158. The van der Waals surface area contributed by atoms with Gasteiger partial charge in [-0.3, -0.25) is 4.79 Å². The summed E-state index contributed by atoms with van der Waals surface area (Å²) in [6.45, 7) is 2.42. The van der Waals surface area contributed by atoms with E-state index in [9.17, 15) is 9.59 Å². The number of H-pyrrole nitrogens is 1. The molecule has 1 aromatic heterocycles. The summed E-state index contributed by atoms with van der Waals surface area (Å²) in [7, 11) is 0. The molecule has 0 radical (unpaired) electrons. The molecule has 0 aliphatic heterocycles. The third-order valence-corrected chi connectivity index (χ3v) is 3.71. The summed E-state index contributed by atoms with van der Waals surface area (Å²) in [4.78, 5) is 27.4. The normalized spacial score (nSPS) is 10.5. The second kappa shape index (κ2) is 7.00. The Bertz CT molecular complexity index is 917. The van der Waals surface area contributed by atoms with Crippen molar-refractivity contribution in [3.8, 4) is 0 Å². The topological polar surface area (TPSA) is 71.2 Å². The molecule has 0 fully saturated rings. The quantitative estimate of drug-likeness (QED) is 0.707. The van der Waals surface area contributed by atoms with Gasteiger partial charge >= 0.3 is 5.97 Å². The molecular weight excluding hydrogens is 304 g/mol. The monoisotopic (exact) mass is 322 g/mol.